The highest BCUT2D eigenvalue weighted by molar-refractivity contribution is 5.30. The van der Waals surface area contributed by atoms with Crippen LogP contribution < -0.4 is 0 Å². The van der Waals surface area contributed by atoms with Gasteiger partial charge in [0, 0.05) is 18.7 Å². The monoisotopic (exact) mass is 309 g/mol. The molecule has 1 fully saturated rings. The highest BCUT2D eigenvalue weighted by Crippen LogP contribution is 2.38. The molecule has 0 unspecified atom stereocenters. The van der Waals surface area contributed by atoms with E-state index in [0.29, 0.717) is 18.4 Å². The zero-order valence-electron chi connectivity index (χ0n) is 13.1. The van der Waals surface area contributed by atoms with E-state index in [4.69, 9.17) is 4.52 Å². The minimum absolute atomic E-state index is 0.527. The summed E-state index contributed by atoms with van der Waals surface area (Å²) in [6.45, 7) is 1.37. The summed E-state index contributed by atoms with van der Waals surface area (Å²) in [7, 11) is 2.03. The minimum Gasteiger partial charge on any atom is -0.338 e. The van der Waals surface area contributed by atoms with Crippen LogP contribution in [-0.2, 0) is 13.1 Å². The number of rotatable bonds is 6. The van der Waals surface area contributed by atoms with Gasteiger partial charge in [0.25, 0.3) is 0 Å². The molecule has 0 radical (unpaired) electrons. The average molecular weight is 309 g/mol. The van der Waals surface area contributed by atoms with Gasteiger partial charge >= 0.3 is 0 Å². The highest BCUT2D eigenvalue weighted by Gasteiger charge is 2.28. The summed E-state index contributed by atoms with van der Waals surface area (Å²) in [6, 6.07) is 12.1. The molecule has 1 saturated carbocycles. The molecule has 0 N–H and O–H groups in total. The lowest BCUT2D eigenvalue weighted by Crippen LogP contribution is -2.18. The van der Waals surface area contributed by atoms with Gasteiger partial charge in [-0.1, -0.05) is 23.4 Å². The summed E-state index contributed by atoms with van der Waals surface area (Å²) in [5.74, 6) is 2.07. The fourth-order valence-corrected chi connectivity index (χ4v) is 2.57. The van der Waals surface area contributed by atoms with E-state index >= 15 is 0 Å². The molecule has 0 saturated heterocycles. The zero-order chi connectivity index (χ0) is 15.6. The van der Waals surface area contributed by atoms with Crippen LogP contribution in [0, 0.1) is 0 Å². The Morgan fingerprint density at radius 1 is 1.17 bits per heavy atom. The molecule has 23 heavy (non-hydrogen) atoms. The van der Waals surface area contributed by atoms with Crippen LogP contribution in [0.3, 0.4) is 0 Å². The van der Waals surface area contributed by atoms with Crippen molar-refractivity contribution in [2.45, 2.75) is 31.8 Å². The molecule has 4 rings (SSSR count). The number of benzene rings is 1. The van der Waals surface area contributed by atoms with Gasteiger partial charge in [-0.25, -0.2) is 4.68 Å². The molecule has 0 bridgehead atoms. The van der Waals surface area contributed by atoms with Crippen LogP contribution in [0.15, 0.2) is 47.1 Å². The Morgan fingerprint density at radius 2 is 2.00 bits per heavy atom. The van der Waals surface area contributed by atoms with Crippen molar-refractivity contribution in [2.24, 2.45) is 0 Å². The summed E-state index contributed by atoms with van der Waals surface area (Å²) in [5.41, 5.74) is 2.07. The Kier molecular flexibility index (Phi) is 3.67. The summed E-state index contributed by atoms with van der Waals surface area (Å²) >= 11 is 0. The molecule has 1 aliphatic carbocycles. The maximum absolute atomic E-state index is 5.32. The van der Waals surface area contributed by atoms with Crippen LogP contribution in [0.2, 0.25) is 0 Å². The van der Waals surface area contributed by atoms with Crippen molar-refractivity contribution >= 4 is 0 Å². The SMILES string of the molecule is CN(Cc1ccn(-c2ccccc2)n1)Cc1nc(C2CC2)no1. The Balaban J connectivity index is 1.38. The van der Waals surface area contributed by atoms with E-state index in [1.807, 2.05) is 54.3 Å². The molecule has 2 aromatic heterocycles. The molecule has 6 heteroatoms. The summed E-state index contributed by atoms with van der Waals surface area (Å²) in [6.07, 6.45) is 4.36. The molecule has 3 aromatic rings. The van der Waals surface area contributed by atoms with Crippen molar-refractivity contribution in [3.05, 3.63) is 60.0 Å². The van der Waals surface area contributed by atoms with Gasteiger partial charge < -0.3 is 4.52 Å². The van der Waals surface area contributed by atoms with Crippen molar-refractivity contribution in [1.29, 1.82) is 0 Å². The van der Waals surface area contributed by atoms with Crippen LogP contribution in [0.5, 0.6) is 0 Å². The maximum atomic E-state index is 5.32. The van der Waals surface area contributed by atoms with E-state index in [1.54, 1.807) is 0 Å². The number of hydrogen-bond donors (Lipinski definition) is 0. The Labute approximate surface area is 134 Å². The fourth-order valence-electron chi connectivity index (χ4n) is 2.57. The second-order valence-corrected chi connectivity index (χ2v) is 6.08. The molecule has 6 nitrogen and oxygen atoms in total. The largest absolute Gasteiger partial charge is 0.338 e. The smallest absolute Gasteiger partial charge is 0.240 e. The van der Waals surface area contributed by atoms with Crippen LogP contribution in [0.1, 0.15) is 36.2 Å². The van der Waals surface area contributed by atoms with Gasteiger partial charge in [0.2, 0.25) is 5.89 Å². The predicted molar refractivity (Wildman–Crippen MR) is 85.0 cm³/mol. The maximum Gasteiger partial charge on any atom is 0.240 e. The van der Waals surface area contributed by atoms with Gasteiger partial charge in [0.1, 0.15) is 0 Å². The topological polar surface area (TPSA) is 60.0 Å². The normalized spacial score (nSPS) is 14.5. The standard InChI is InChI=1S/C17H19N5O/c1-21(12-16-18-17(20-23-16)13-7-8-13)11-14-9-10-22(19-14)15-5-3-2-4-6-15/h2-6,9-10,13H,7-8,11-12H2,1H3. The van der Waals surface area contributed by atoms with Gasteiger partial charge in [-0.3, -0.25) is 4.90 Å². The van der Waals surface area contributed by atoms with E-state index in [9.17, 15) is 0 Å². The predicted octanol–water partition coefficient (Wildman–Crippen LogP) is 2.76. The second-order valence-electron chi connectivity index (χ2n) is 6.08. The zero-order valence-corrected chi connectivity index (χ0v) is 13.1. The van der Waals surface area contributed by atoms with Gasteiger partial charge in [0.05, 0.1) is 17.9 Å². The summed E-state index contributed by atoms with van der Waals surface area (Å²) in [4.78, 5) is 6.59. The quantitative estimate of drug-likeness (QED) is 0.700. The van der Waals surface area contributed by atoms with Crippen molar-refractivity contribution in [1.82, 2.24) is 24.8 Å². The molecule has 118 valence electrons. The van der Waals surface area contributed by atoms with Crippen LogP contribution >= 0.6 is 0 Å². The van der Waals surface area contributed by atoms with E-state index in [1.165, 1.54) is 12.8 Å². The lowest BCUT2D eigenvalue weighted by atomic mass is 10.3. The minimum atomic E-state index is 0.527. The number of nitrogens with zero attached hydrogens (tertiary/aromatic N) is 5. The molecule has 1 aliphatic rings. The molecule has 0 aliphatic heterocycles. The summed E-state index contributed by atoms with van der Waals surface area (Å²) < 4.78 is 7.21. The lowest BCUT2D eigenvalue weighted by molar-refractivity contribution is 0.257. The number of hydrogen-bond acceptors (Lipinski definition) is 5. The lowest BCUT2D eigenvalue weighted by Gasteiger charge is -2.11. The van der Waals surface area contributed by atoms with Gasteiger partial charge in [-0.05, 0) is 38.1 Å². The molecular weight excluding hydrogens is 290 g/mol. The highest BCUT2D eigenvalue weighted by atomic mass is 16.5. The second kappa shape index (κ2) is 5.96. The average Bonchev–Trinajstić information content (AvgIpc) is 3.14. The molecule has 2 heterocycles. The Hall–Kier alpha value is -2.47. The first-order valence-corrected chi connectivity index (χ1v) is 7.89. The van der Waals surface area contributed by atoms with Gasteiger partial charge in [0.15, 0.2) is 5.82 Å². The summed E-state index contributed by atoms with van der Waals surface area (Å²) in [5, 5.41) is 8.66. The van der Waals surface area contributed by atoms with Crippen LogP contribution in [-0.4, -0.2) is 31.9 Å². The van der Waals surface area contributed by atoms with E-state index in [2.05, 4.69) is 20.1 Å². The van der Waals surface area contributed by atoms with Crippen LogP contribution in [0.4, 0.5) is 0 Å². The first-order chi connectivity index (χ1) is 11.3. The van der Waals surface area contributed by atoms with Gasteiger partial charge in [-0.15, -0.1) is 0 Å². The Bertz CT molecular complexity index is 775. The third-order valence-corrected chi connectivity index (χ3v) is 3.93. The van der Waals surface area contributed by atoms with Crippen LogP contribution in [0.25, 0.3) is 5.69 Å². The van der Waals surface area contributed by atoms with Crippen molar-refractivity contribution in [3.63, 3.8) is 0 Å². The van der Waals surface area contributed by atoms with Crippen molar-refractivity contribution in [2.75, 3.05) is 7.05 Å². The van der Waals surface area contributed by atoms with Crippen molar-refractivity contribution < 1.29 is 4.52 Å². The molecular formula is C17H19N5O. The first kappa shape index (κ1) is 14.1. The third kappa shape index (κ3) is 3.32. The molecule has 1 aromatic carbocycles. The Morgan fingerprint density at radius 3 is 2.78 bits per heavy atom. The van der Waals surface area contributed by atoms with E-state index in [0.717, 1.165) is 23.8 Å². The third-order valence-electron chi connectivity index (χ3n) is 3.93. The molecule has 0 spiro atoms. The first-order valence-electron chi connectivity index (χ1n) is 7.89. The molecule has 0 amide bonds. The van der Waals surface area contributed by atoms with Gasteiger partial charge in [-0.2, -0.15) is 10.1 Å². The van der Waals surface area contributed by atoms with E-state index < -0.39 is 0 Å². The number of para-hydroxylation sites is 1. The number of aromatic nitrogens is 4. The van der Waals surface area contributed by atoms with Crippen molar-refractivity contribution in [3.8, 4) is 5.69 Å². The van der Waals surface area contributed by atoms with E-state index in [-0.39, 0.29) is 0 Å². The fraction of sp³-hybridized carbons (Fsp3) is 0.353. The molecule has 0 atom stereocenters.